The number of carbonyl (C=O) groups is 1. The lowest BCUT2D eigenvalue weighted by molar-refractivity contribution is -0.121. The van der Waals surface area contributed by atoms with E-state index in [1.807, 2.05) is 0 Å². The lowest BCUT2D eigenvalue weighted by atomic mass is 10.0. The van der Waals surface area contributed by atoms with Crippen molar-refractivity contribution in [3.05, 3.63) is 0 Å². The van der Waals surface area contributed by atoms with E-state index in [1.165, 1.54) is 0 Å². The van der Waals surface area contributed by atoms with Gasteiger partial charge in [0.25, 0.3) is 0 Å². The number of carbonyl (C=O) groups excluding carboxylic acids is 1. The normalized spacial score (nSPS) is 12.4. The van der Waals surface area contributed by atoms with E-state index in [1.54, 1.807) is 7.11 Å². The van der Waals surface area contributed by atoms with Gasteiger partial charge in [0, 0.05) is 26.7 Å². The van der Waals surface area contributed by atoms with Gasteiger partial charge in [0.2, 0.25) is 5.91 Å². The fraction of sp³-hybridized carbons (Fsp3) is 0.923. The largest absolute Gasteiger partial charge is 0.382 e. The van der Waals surface area contributed by atoms with Crippen LogP contribution >= 0.6 is 0 Å². The monoisotopic (exact) mass is 260 g/mol. The number of ether oxygens (including phenoxy) is 2. The maximum Gasteiger partial charge on any atom is 0.220 e. The molecule has 0 saturated carbocycles. The Bertz CT molecular complexity index is 201. The molecule has 0 saturated heterocycles. The van der Waals surface area contributed by atoms with Crippen molar-refractivity contribution >= 4 is 5.91 Å². The highest BCUT2D eigenvalue weighted by molar-refractivity contribution is 5.75. The molecule has 5 nitrogen and oxygen atoms in total. The number of methoxy groups -OCH3 is 1. The van der Waals surface area contributed by atoms with Gasteiger partial charge in [-0.05, 0) is 31.7 Å². The molecule has 1 amide bonds. The van der Waals surface area contributed by atoms with E-state index >= 15 is 0 Å². The molecule has 0 aromatic heterocycles. The molecule has 108 valence electrons. The van der Waals surface area contributed by atoms with Crippen LogP contribution in [0.2, 0.25) is 0 Å². The van der Waals surface area contributed by atoms with Gasteiger partial charge in [0.1, 0.15) is 0 Å². The third kappa shape index (κ3) is 11.8. The van der Waals surface area contributed by atoms with Crippen molar-refractivity contribution in [2.75, 3.05) is 40.0 Å². The van der Waals surface area contributed by atoms with E-state index in [4.69, 9.17) is 15.2 Å². The second kappa shape index (κ2) is 12.8. The Morgan fingerprint density at radius 1 is 1.28 bits per heavy atom. The summed E-state index contributed by atoms with van der Waals surface area (Å²) in [6.45, 7) is 5.39. The molecule has 0 aliphatic rings. The van der Waals surface area contributed by atoms with Gasteiger partial charge in [-0.2, -0.15) is 0 Å². The van der Waals surface area contributed by atoms with E-state index < -0.39 is 0 Å². The van der Waals surface area contributed by atoms with Gasteiger partial charge in [-0.25, -0.2) is 0 Å². The summed E-state index contributed by atoms with van der Waals surface area (Å²) in [6.07, 6.45) is 3.33. The van der Waals surface area contributed by atoms with Gasteiger partial charge >= 0.3 is 0 Å². The van der Waals surface area contributed by atoms with Crippen LogP contribution in [0.15, 0.2) is 0 Å². The van der Waals surface area contributed by atoms with E-state index in [0.717, 1.165) is 19.3 Å². The highest BCUT2D eigenvalue weighted by atomic mass is 16.5. The average molecular weight is 260 g/mol. The van der Waals surface area contributed by atoms with Gasteiger partial charge in [0.05, 0.1) is 13.2 Å². The molecular formula is C13H28N2O3. The first-order chi connectivity index (χ1) is 8.70. The summed E-state index contributed by atoms with van der Waals surface area (Å²) in [4.78, 5) is 11.5. The minimum Gasteiger partial charge on any atom is -0.382 e. The molecule has 1 atom stereocenters. The number of hydrogen-bond donors (Lipinski definition) is 2. The SMILES string of the molecule is COCCOCCCNC(=O)CCC(C)CCN. The fourth-order valence-corrected chi connectivity index (χ4v) is 1.54. The second-order valence-electron chi connectivity index (χ2n) is 4.53. The first-order valence-electron chi connectivity index (χ1n) is 6.74. The summed E-state index contributed by atoms with van der Waals surface area (Å²) in [6, 6.07) is 0. The zero-order valence-electron chi connectivity index (χ0n) is 11.7. The quantitative estimate of drug-likeness (QED) is 0.512. The standard InChI is InChI=1S/C13H28N2O3/c1-12(6-7-14)4-5-13(16)15-8-3-9-18-11-10-17-2/h12H,3-11,14H2,1-2H3,(H,15,16). The van der Waals surface area contributed by atoms with Crippen LogP contribution < -0.4 is 11.1 Å². The fourth-order valence-electron chi connectivity index (χ4n) is 1.54. The molecule has 0 aliphatic carbocycles. The third-order valence-electron chi connectivity index (χ3n) is 2.74. The first-order valence-corrected chi connectivity index (χ1v) is 6.74. The number of nitrogens with two attached hydrogens (primary N) is 1. The molecule has 0 aromatic rings. The van der Waals surface area contributed by atoms with E-state index in [-0.39, 0.29) is 5.91 Å². The summed E-state index contributed by atoms with van der Waals surface area (Å²) in [5.74, 6) is 0.647. The predicted molar refractivity (Wildman–Crippen MR) is 72.4 cm³/mol. The Labute approximate surface area is 110 Å². The van der Waals surface area contributed by atoms with Crippen LogP contribution in [-0.2, 0) is 14.3 Å². The molecule has 0 aliphatic heterocycles. The van der Waals surface area contributed by atoms with Crippen LogP contribution in [0, 0.1) is 5.92 Å². The van der Waals surface area contributed by atoms with Gasteiger partial charge in [-0.15, -0.1) is 0 Å². The zero-order chi connectivity index (χ0) is 13.6. The molecule has 0 rings (SSSR count). The molecule has 18 heavy (non-hydrogen) atoms. The molecule has 0 bridgehead atoms. The minimum atomic E-state index is 0.121. The van der Waals surface area contributed by atoms with Crippen LogP contribution in [-0.4, -0.2) is 45.9 Å². The van der Waals surface area contributed by atoms with E-state index in [9.17, 15) is 4.79 Å². The number of hydrogen-bond acceptors (Lipinski definition) is 4. The lowest BCUT2D eigenvalue weighted by Gasteiger charge is -2.10. The highest BCUT2D eigenvalue weighted by Gasteiger charge is 2.05. The summed E-state index contributed by atoms with van der Waals surface area (Å²) in [5.41, 5.74) is 5.46. The smallest absolute Gasteiger partial charge is 0.220 e. The molecular weight excluding hydrogens is 232 g/mol. The zero-order valence-corrected chi connectivity index (χ0v) is 11.7. The third-order valence-corrected chi connectivity index (χ3v) is 2.74. The summed E-state index contributed by atoms with van der Waals surface area (Å²) < 4.78 is 10.2. The average Bonchev–Trinajstić information content (AvgIpc) is 2.35. The summed E-state index contributed by atoms with van der Waals surface area (Å²) >= 11 is 0. The van der Waals surface area contributed by atoms with Crippen LogP contribution in [0.4, 0.5) is 0 Å². The maximum absolute atomic E-state index is 11.5. The number of rotatable bonds is 12. The van der Waals surface area contributed by atoms with Gasteiger partial charge in [-0.3, -0.25) is 4.79 Å². The number of nitrogens with one attached hydrogen (secondary N) is 1. The Morgan fingerprint density at radius 3 is 2.72 bits per heavy atom. The Kier molecular flexibility index (Phi) is 12.3. The topological polar surface area (TPSA) is 73.6 Å². The van der Waals surface area contributed by atoms with Crippen molar-refractivity contribution in [1.82, 2.24) is 5.32 Å². The Balaban J connectivity index is 3.26. The molecule has 1 unspecified atom stereocenters. The molecule has 5 heteroatoms. The molecule has 0 radical (unpaired) electrons. The van der Waals surface area contributed by atoms with Crippen LogP contribution in [0.25, 0.3) is 0 Å². The molecule has 3 N–H and O–H groups in total. The minimum absolute atomic E-state index is 0.121. The number of amides is 1. The van der Waals surface area contributed by atoms with Gasteiger partial charge in [-0.1, -0.05) is 6.92 Å². The van der Waals surface area contributed by atoms with Crippen molar-refractivity contribution in [3.63, 3.8) is 0 Å². The molecule has 0 heterocycles. The van der Waals surface area contributed by atoms with Crippen molar-refractivity contribution in [1.29, 1.82) is 0 Å². The molecule has 0 aromatic carbocycles. The first kappa shape index (κ1) is 17.4. The van der Waals surface area contributed by atoms with Crippen molar-refractivity contribution in [3.8, 4) is 0 Å². The van der Waals surface area contributed by atoms with E-state index in [2.05, 4.69) is 12.2 Å². The Hall–Kier alpha value is -0.650. The van der Waals surface area contributed by atoms with E-state index in [0.29, 0.717) is 45.2 Å². The van der Waals surface area contributed by atoms with Gasteiger partial charge in [0.15, 0.2) is 0 Å². The van der Waals surface area contributed by atoms with Crippen LogP contribution in [0.5, 0.6) is 0 Å². The highest BCUT2D eigenvalue weighted by Crippen LogP contribution is 2.08. The van der Waals surface area contributed by atoms with Crippen LogP contribution in [0.3, 0.4) is 0 Å². The second-order valence-corrected chi connectivity index (χ2v) is 4.53. The van der Waals surface area contributed by atoms with Gasteiger partial charge < -0.3 is 20.5 Å². The molecule has 0 spiro atoms. The predicted octanol–water partition coefficient (Wildman–Crippen LogP) is 0.921. The van der Waals surface area contributed by atoms with Crippen molar-refractivity contribution in [2.24, 2.45) is 11.7 Å². The maximum atomic E-state index is 11.5. The van der Waals surface area contributed by atoms with Crippen LogP contribution in [0.1, 0.15) is 32.6 Å². The lowest BCUT2D eigenvalue weighted by Crippen LogP contribution is -2.25. The van der Waals surface area contributed by atoms with Crippen molar-refractivity contribution < 1.29 is 14.3 Å². The Morgan fingerprint density at radius 2 is 2.06 bits per heavy atom. The summed E-state index contributed by atoms with van der Waals surface area (Å²) in [5, 5.41) is 2.89. The summed E-state index contributed by atoms with van der Waals surface area (Å²) in [7, 11) is 1.65. The molecule has 0 fully saturated rings. The van der Waals surface area contributed by atoms with Crippen molar-refractivity contribution in [2.45, 2.75) is 32.6 Å².